The van der Waals surface area contributed by atoms with Gasteiger partial charge >= 0.3 is 6.18 Å². The topological polar surface area (TPSA) is 32.3 Å². The predicted molar refractivity (Wildman–Crippen MR) is 61.9 cm³/mol. The van der Waals surface area contributed by atoms with Crippen LogP contribution >= 0.6 is 0 Å². The molecular formula is C13H16F3NO. The van der Waals surface area contributed by atoms with Crippen LogP contribution in [0.4, 0.5) is 13.2 Å². The largest absolute Gasteiger partial charge is 0.416 e. The van der Waals surface area contributed by atoms with Gasteiger partial charge in [-0.05, 0) is 36.9 Å². The fraction of sp³-hybridized carbons (Fsp3) is 0.538. The Morgan fingerprint density at radius 3 is 2.50 bits per heavy atom. The molecule has 1 aromatic carbocycles. The van der Waals surface area contributed by atoms with Gasteiger partial charge in [0, 0.05) is 6.54 Å². The number of rotatable bonds is 4. The van der Waals surface area contributed by atoms with Gasteiger partial charge in [0.25, 0.3) is 0 Å². The van der Waals surface area contributed by atoms with Gasteiger partial charge in [0.1, 0.15) is 0 Å². The fourth-order valence-corrected chi connectivity index (χ4v) is 2.23. The number of hydrogen-bond donors (Lipinski definition) is 2. The number of nitrogens with one attached hydrogen (secondary N) is 1. The summed E-state index contributed by atoms with van der Waals surface area (Å²) in [7, 11) is 0. The van der Waals surface area contributed by atoms with Crippen LogP contribution in [0.25, 0.3) is 0 Å². The second kappa shape index (κ2) is 5.28. The van der Waals surface area contributed by atoms with Crippen molar-refractivity contribution in [2.24, 2.45) is 5.92 Å². The van der Waals surface area contributed by atoms with Crippen LogP contribution in [0.15, 0.2) is 24.3 Å². The maximum atomic E-state index is 12.7. The smallest absolute Gasteiger partial charge is 0.393 e. The summed E-state index contributed by atoms with van der Waals surface area (Å²) in [4.78, 5) is 0. The van der Waals surface area contributed by atoms with Gasteiger partial charge in [-0.3, -0.25) is 0 Å². The molecule has 0 heterocycles. The Morgan fingerprint density at radius 1 is 1.22 bits per heavy atom. The van der Waals surface area contributed by atoms with Crippen LogP contribution in [0.1, 0.15) is 24.0 Å². The summed E-state index contributed by atoms with van der Waals surface area (Å²) in [5.74, 6) is 0.387. The zero-order valence-corrected chi connectivity index (χ0v) is 9.87. The summed E-state index contributed by atoms with van der Waals surface area (Å²) in [5.41, 5.74) is -0.309. The van der Waals surface area contributed by atoms with Crippen molar-refractivity contribution in [1.82, 2.24) is 5.32 Å². The molecule has 2 rings (SSSR count). The zero-order valence-electron chi connectivity index (χ0n) is 9.87. The summed E-state index contributed by atoms with van der Waals surface area (Å²) < 4.78 is 38.1. The van der Waals surface area contributed by atoms with Gasteiger partial charge < -0.3 is 10.4 Å². The van der Waals surface area contributed by atoms with E-state index in [1.165, 1.54) is 12.1 Å². The van der Waals surface area contributed by atoms with Crippen LogP contribution in [0, 0.1) is 5.92 Å². The number of aliphatic hydroxyl groups is 1. The number of benzene rings is 1. The lowest BCUT2D eigenvalue weighted by Crippen LogP contribution is -2.36. The molecule has 2 N–H and O–H groups in total. The molecule has 0 bridgehead atoms. The average molecular weight is 259 g/mol. The highest BCUT2D eigenvalue weighted by molar-refractivity contribution is 5.29. The lowest BCUT2D eigenvalue weighted by molar-refractivity contribution is -0.138. The highest BCUT2D eigenvalue weighted by Crippen LogP contribution is 2.32. The second-order valence-electron chi connectivity index (χ2n) is 4.78. The number of hydrogen-bond acceptors (Lipinski definition) is 2. The zero-order chi connectivity index (χ0) is 13.2. The van der Waals surface area contributed by atoms with E-state index in [0.717, 1.165) is 18.9 Å². The van der Waals surface area contributed by atoms with Crippen molar-refractivity contribution in [1.29, 1.82) is 0 Å². The van der Waals surface area contributed by atoms with Crippen molar-refractivity contribution < 1.29 is 18.3 Å². The predicted octanol–water partition coefficient (Wildman–Crippen LogP) is 2.57. The van der Waals surface area contributed by atoms with Gasteiger partial charge in [-0.1, -0.05) is 18.2 Å². The van der Waals surface area contributed by atoms with Gasteiger partial charge in [0.05, 0.1) is 11.7 Å². The molecule has 1 aliphatic rings. The molecule has 0 atom stereocenters. The van der Waals surface area contributed by atoms with Crippen LogP contribution in [0.5, 0.6) is 0 Å². The highest BCUT2D eigenvalue weighted by Gasteiger charge is 2.33. The summed E-state index contributed by atoms with van der Waals surface area (Å²) in [6, 6.07) is 5.60. The van der Waals surface area contributed by atoms with E-state index < -0.39 is 11.7 Å². The molecule has 2 nitrogen and oxygen atoms in total. The summed E-state index contributed by atoms with van der Waals surface area (Å²) >= 11 is 0. The molecular weight excluding hydrogens is 243 g/mol. The molecule has 1 saturated carbocycles. The van der Waals surface area contributed by atoms with Gasteiger partial charge in [0.2, 0.25) is 0 Å². The van der Waals surface area contributed by atoms with Crippen molar-refractivity contribution in [2.75, 3.05) is 6.54 Å². The van der Waals surface area contributed by atoms with E-state index in [1.807, 2.05) is 0 Å². The first-order chi connectivity index (χ1) is 8.47. The molecule has 0 radical (unpaired) electrons. The molecule has 0 amide bonds. The Labute approximate surface area is 104 Å². The quantitative estimate of drug-likeness (QED) is 0.871. The standard InChI is InChI=1S/C13H16F3NO/c14-13(15,16)12-4-2-1-3-10(12)8-17-7-9-5-11(18)6-9/h1-4,9,11,17-18H,5-8H2. The highest BCUT2D eigenvalue weighted by atomic mass is 19.4. The fourth-order valence-electron chi connectivity index (χ4n) is 2.23. The van der Waals surface area contributed by atoms with E-state index in [-0.39, 0.29) is 18.2 Å². The molecule has 0 aliphatic heterocycles. The average Bonchev–Trinajstić information content (AvgIpc) is 2.26. The van der Waals surface area contributed by atoms with Crippen LogP contribution in [-0.2, 0) is 12.7 Å². The Balaban J connectivity index is 1.89. The first-order valence-electron chi connectivity index (χ1n) is 6.00. The molecule has 0 unspecified atom stereocenters. The van der Waals surface area contributed by atoms with Gasteiger partial charge in [-0.2, -0.15) is 13.2 Å². The van der Waals surface area contributed by atoms with E-state index in [2.05, 4.69) is 5.32 Å². The third kappa shape index (κ3) is 3.23. The van der Waals surface area contributed by atoms with Gasteiger partial charge in [-0.25, -0.2) is 0 Å². The normalized spacial score (nSPS) is 23.8. The lowest BCUT2D eigenvalue weighted by Gasteiger charge is -2.31. The molecule has 5 heteroatoms. The third-order valence-corrected chi connectivity index (χ3v) is 3.28. The first kappa shape index (κ1) is 13.4. The van der Waals surface area contributed by atoms with Crippen molar-refractivity contribution in [3.63, 3.8) is 0 Å². The minimum atomic E-state index is -4.30. The second-order valence-corrected chi connectivity index (χ2v) is 4.78. The van der Waals surface area contributed by atoms with Crippen LogP contribution in [-0.4, -0.2) is 17.8 Å². The minimum Gasteiger partial charge on any atom is -0.393 e. The Hall–Kier alpha value is -1.07. The molecule has 0 aromatic heterocycles. The maximum absolute atomic E-state index is 12.7. The summed E-state index contributed by atoms with van der Waals surface area (Å²) in [6.45, 7) is 0.867. The SMILES string of the molecule is OC1CC(CNCc2ccccc2C(F)(F)F)C1. The molecule has 0 spiro atoms. The number of aliphatic hydroxyl groups excluding tert-OH is 1. The number of halogens is 3. The Kier molecular flexibility index (Phi) is 3.92. The lowest BCUT2D eigenvalue weighted by atomic mass is 9.82. The van der Waals surface area contributed by atoms with E-state index in [9.17, 15) is 13.2 Å². The Bertz CT molecular complexity index is 399. The maximum Gasteiger partial charge on any atom is 0.416 e. The summed E-state index contributed by atoms with van der Waals surface area (Å²) in [6.07, 6.45) is -3.04. The first-order valence-corrected chi connectivity index (χ1v) is 6.00. The van der Waals surface area contributed by atoms with Crippen molar-refractivity contribution in [3.05, 3.63) is 35.4 Å². The van der Waals surface area contributed by atoms with Crippen LogP contribution in [0.2, 0.25) is 0 Å². The van der Waals surface area contributed by atoms with Crippen LogP contribution < -0.4 is 5.32 Å². The number of alkyl halides is 3. The van der Waals surface area contributed by atoms with E-state index in [4.69, 9.17) is 5.11 Å². The van der Waals surface area contributed by atoms with Crippen molar-refractivity contribution in [2.45, 2.75) is 31.7 Å². The summed E-state index contributed by atoms with van der Waals surface area (Å²) in [5, 5.41) is 12.1. The Morgan fingerprint density at radius 2 is 1.89 bits per heavy atom. The molecule has 1 aromatic rings. The van der Waals surface area contributed by atoms with Gasteiger partial charge in [-0.15, -0.1) is 0 Å². The van der Waals surface area contributed by atoms with Crippen molar-refractivity contribution >= 4 is 0 Å². The van der Waals surface area contributed by atoms with E-state index >= 15 is 0 Å². The van der Waals surface area contributed by atoms with Crippen molar-refractivity contribution in [3.8, 4) is 0 Å². The molecule has 1 aliphatic carbocycles. The van der Waals surface area contributed by atoms with E-state index in [1.54, 1.807) is 6.07 Å². The molecule has 0 saturated heterocycles. The monoisotopic (exact) mass is 259 g/mol. The van der Waals surface area contributed by atoms with Crippen LogP contribution in [0.3, 0.4) is 0 Å². The molecule has 1 fully saturated rings. The minimum absolute atomic E-state index is 0.211. The molecule has 18 heavy (non-hydrogen) atoms. The van der Waals surface area contributed by atoms with Gasteiger partial charge in [0.15, 0.2) is 0 Å². The molecule has 100 valence electrons. The van der Waals surface area contributed by atoms with E-state index in [0.29, 0.717) is 12.5 Å². The third-order valence-electron chi connectivity index (χ3n) is 3.28.